The van der Waals surface area contributed by atoms with Gasteiger partial charge < -0.3 is 10.2 Å². The van der Waals surface area contributed by atoms with Crippen molar-refractivity contribution in [1.82, 2.24) is 15.2 Å². The third-order valence-electron chi connectivity index (χ3n) is 3.51. The molecule has 5 nitrogen and oxygen atoms in total. The molecular weight excluding hydrogens is 242 g/mol. The molecule has 1 aliphatic rings. The van der Waals surface area contributed by atoms with Crippen LogP contribution in [0.15, 0.2) is 24.5 Å². The minimum atomic E-state index is -0.230. The first-order valence-electron chi connectivity index (χ1n) is 6.60. The van der Waals surface area contributed by atoms with Gasteiger partial charge in [-0.05, 0) is 25.5 Å². The maximum atomic E-state index is 12.1. The van der Waals surface area contributed by atoms with Crippen LogP contribution in [0.4, 0.5) is 0 Å². The average molecular weight is 261 g/mol. The molecule has 19 heavy (non-hydrogen) atoms. The highest BCUT2D eigenvalue weighted by molar-refractivity contribution is 5.89. The molecule has 1 fully saturated rings. The Morgan fingerprint density at radius 3 is 3.00 bits per heavy atom. The molecule has 2 rings (SSSR count). The number of aromatic nitrogens is 1. The van der Waals surface area contributed by atoms with E-state index in [2.05, 4.69) is 10.3 Å². The van der Waals surface area contributed by atoms with Crippen molar-refractivity contribution in [2.75, 3.05) is 13.1 Å². The molecule has 2 unspecified atom stereocenters. The Labute approximate surface area is 113 Å². The predicted molar refractivity (Wildman–Crippen MR) is 71.2 cm³/mol. The van der Waals surface area contributed by atoms with E-state index in [9.17, 15) is 9.59 Å². The summed E-state index contributed by atoms with van der Waals surface area (Å²) >= 11 is 0. The molecule has 5 heteroatoms. The van der Waals surface area contributed by atoms with Gasteiger partial charge in [-0.3, -0.25) is 14.6 Å². The molecule has 1 N–H and O–H groups in total. The second-order valence-corrected chi connectivity index (χ2v) is 4.85. The van der Waals surface area contributed by atoms with Gasteiger partial charge in [-0.15, -0.1) is 0 Å². The number of hydrogen-bond donors (Lipinski definition) is 1. The SMILES string of the molecule is CCN1CC(C(=O)NC(C)c2cccnc2)CC1=O. The van der Waals surface area contributed by atoms with Crippen molar-refractivity contribution in [3.63, 3.8) is 0 Å². The molecule has 0 saturated carbocycles. The van der Waals surface area contributed by atoms with Gasteiger partial charge in [-0.25, -0.2) is 0 Å². The lowest BCUT2D eigenvalue weighted by molar-refractivity contribution is -0.129. The summed E-state index contributed by atoms with van der Waals surface area (Å²) in [7, 11) is 0. The molecular formula is C14H19N3O2. The van der Waals surface area contributed by atoms with Crippen LogP contribution in [0.1, 0.15) is 31.9 Å². The summed E-state index contributed by atoms with van der Waals surface area (Å²) in [5, 5.41) is 2.95. The fourth-order valence-corrected chi connectivity index (χ4v) is 2.30. The first kappa shape index (κ1) is 13.5. The molecule has 2 heterocycles. The fraction of sp³-hybridized carbons (Fsp3) is 0.500. The van der Waals surface area contributed by atoms with Crippen molar-refractivity contribution >= 4 is 11.8 Å². The van der Waals surface area contributed by atoms with Gasteiger partial charge in [0, 0.05) is 31.9 Å². The van der Waals surface area contributed by atoms with E-state index in [0.29, 0.717) is 19.5 Å². The van der Waals surface area contributed by atoms with E-state index < -0.39 is 0 Å². The van der Waals surface area contributed by atoms with Gasteiger partial charge in [-0.2, -0.15) is 0 Å². The summed E-state index contributed by atoms with van der Waals surface area (Å²) in [4.78, 5) is 29.5. The summed E-state index contributed by atoms with van der Waals surface area (Å²) in [6, 6.07) is 3.68. The third kappa shape index (κ3) is 3.10. The molecule has 2 amide bonds. The highest BCUT2D eigenvalue weighted by atomic mass is 16.2. The first-order chi connectivity index (χ1) is 9.11. The maximum Gasteiger partial charge on any atom is 0.225 e. The quantitative estimate of drug-likeness (QED) is 0.883. The second-order valence-electron chi connectivity index (χ2n) is 4.85. The average Bonchev–Trinajstić information content (AvgIpc) is 2.81. The molecule has 0 spiro atoms. The summed E-state index contributed by atoms with van der Waals surface area (Å²) in [6.07, 6.45) is 3.76. The zero-order valence-corrected chi connectivity index (χ0v) is 11.3. The number of nitrogens with one attached hydrogen (secondary N) is 1. The van der Waals surface area contributed by atoms with E-state index >= 15 is 0 Å². The standard InChI is InChI=1S/C14H19N3O2/c1-3-17-9-12(7-13(17)18)14(19)16-10(2)11-5-4-6-15-8-11/h4-6,8,10,12H,3,7,9H2,1-2H3,(H,16,19). The number of nitrogens with zero attached hydrogens (tertiary/aromatic N) is 2. The van der Waals surface area contributed by atoms with Gasteiger partial charge in [0.15, 0.2) is 0 Å². The van der Waals surface area contributed by atoms with Gasteiger partial charge in [0.25, 0.3) is 0 Å². The summed E-state index contributed by atoms with van der Waals surface area (Å²) < 4.78 is 0. The van der Waals surface area contributed by atoms with Crippen molar-refractivity contribution in [1.29, 1.82) is 0 Å². The van der Waals surface area contributed by atoms with Gasteiger partial charge in [0.1, 0.15) is 0 Å². The number of likely N-dealkylation sites (tertiary alicyclic amines) is 1. The largest absolute Gasteiger partial charge is 0.349 e. The molecule has 2 atom stereocenters. The van der Waals surface area contributed by atoms with E-state index in [-0.39, 0.29) is 23.8 Å². The molecule has 0 aliphatic carbocycles. The lowest BCUT2D eigenvalue weighted by Gasteiger charge is -2.17. The van der Waals surface area contributed by atoms with Crippen LogP contribution in [0.2, 0.25) is 0 Å². The number of carbonyl (C=O) groups excluding carboxylic acids is 2. The van der Waals surface area contributed by atoms with Crippen molar-refractivity contribution in [2.24, 2.45) is 5.92 Å². The van der Waals surface area contributed by atoms with E-state index in [0.717, 1.165) is 5.56 Å². The minimum absolute atomic E-state index is 0.0550. The Morgan fingerprint density at radius 1 is 1.63 bits per heavy atom. The second kappa shape index (κ2) is 5.82. The molecule has 1 aliphatic heterocycles. The Balaban J connectivity index is 1.93. The van der Waals surface area contributed by atoms with Gasteiger partial charge >= 0.3 is 0 Å². The Hall–Kier alpha value is -1.91. The molecule has 102 valence electrons. The van der Waals surface area contributed by atoms with Gasteiger partial charge in [0.05, 0.1) is 12.0 Å². The molecule has 0 aromatic carbocycles. The van der Waals surface area contributed by atoms with E-state index in [4.69, 9.17) is 0 Å². The highest BCUT2D eigenvalue weighted by Crippen LogP contribution is 2.19. The molecule has 1 aromatic heterocycles. The fourth-order valence-electron chi connectivity index (χ4n) is 2.30. The van der Waals surface area contributed by atoms with Gasteiger partial charge in [-0.1, -0.05) is 6.07 Å². The van der Waals surface area contributed by atoms with Crippen LogP contribution >= 0.6 is 0 Å². The van der Waals surface area contributed by atoms with E-state index in [1.54, 1.807) is 17.3 Å². The zero-order valence-electron chi connectivity index (χ0n) is 11.3. The number of rotatable bonds is 4. The lowest BCUT2D eigenvalue weighted by Crippen LogP contribution is -2.34. The molecule has 1 saturated heterocycles. The normalized spacial score (nSPS) is 20.4. The number of pyridine rings is 1. The van der Waals surface area contributed by atoms with Crippen LogP contribution in [0.3, 0.4) is 0 Å². The predicted octanol–water partition coefficient (Wildman–Crippen LogP) is 1.13. The van der Waals surface area contributed by atoms with Crippen molar-refractivity contribution in [3.05, 3.63) is 30.1 Å². The van der Waals surface area contributed by atoms with E-state index in [1.807, 2.05) is 26.0 Å². The van der Waals surface area contributed by atoms with Crippen LogP contribution in [0.25, 0.3) is 0 Å². The third-order valence-corrected chi connectivity index (χ3v) is 3.51. The lowest BCUT2D eigenvalue weighted by atomic mass is 10.1. The Morgan fingerprint density at radius 2 is 2.42 bits per heavy atom. The van der Waals surface area contributed by atoms with Crippen LogP contribution in [0.5, 0.6) is 0 Å². The molecule has 0 bridgehead atoms. The Kier molecular flexibility index (Phi) is 4.14. The Bertz CT molecular complexity index is 461. The monoisotopic (exact) mass is 261 g/mol. The summed E-state index contributed by atoms with van der Waals surface area (Å²) in [6.45, 7) is 5.04. The van der Waals surface area contributed by atoms with Crippen LogP contribution in [-0.2, 0) is 9.59 Å². The van der Waals surface area contributed by atoms with Crippen molar-refractivity contribution in [3.8, 4) is 0 Å². The number of hydrogen-bond acceptors (Lipinski definition) is 3. The maximum absolute atomic E-state index is 12.1. The van der Waals surface area contributed by atoms with Gasteiger partial charge in [0.2, 0.25) is 11.8 Å². The topological polar surface area (TPSA) is 62.3 Å². The molecule has 1 aromatic rings. The minimum Gasteiger partial charge on any atom is -0.349 e. The smallest absolute Gasteiger partial charge is 0.225 e. The zero-order chi connectivity index (χ0) is 13.8. The summed E-state index contributed by atoms with van der Waals surface area (Å²) in [5.41, 5.74) is 0.965. The molecule has 0 radical (unpaired) electrons. The first-order valence-corrected chi connectivity index (χ1v) is 6.60. The van der Waals surface area contributed by atoms with Crippen LogP contribution < -0.4 is 5.32 Å². The van der Waals surface area contributed by atoms with Crippen molar-refractivity contribution < 1.29 is 9.59 Å². The number of amides is 2. The number of carbonyl (C=O) groups is 2. The summed E-state index contributed by atoms with van der Waals surface area (Å²) in [5.74, 6) is -0.219. The van der Waals surface area contributed by atoms with Crippen molar-refractivity contribution in [2.45, 2.75) is 26.3 Å². The van der Waals surface area contributed by atoms with Crippen LogP contribution in [0, 0.1) is 5.92 Å². The van der Waals surface area contributed by atoms with E-state index in [1.165, 1.54) is 0 Å². The highest BCUT2D eigenvalue weighted by Gasteiger charge is 2.33. The van der Waals surface area contributed by atoms with Crippen LogP contribution in [-0.4, -0.2) is 34.8 Å².